The molecule has 1 rings (SSSR count). The molecule has 18 heavy (non-hydrogen) atoms. The standard InChI is InChI=1S/C9H11NO7S/c1-5(8(11)12)10-18(14,15)7-3-6(4-17-7)9(13)16-2/h3-5,10H,1-2H3,(H,11,12)/t5-/m1/s1. The number of carbonyl (C=O) groups is 2. The van der Waals surface area contributed by atoms with Crippen LogP contribution in [-0.2, 0) is 19.6 Å². The van der Waals surface area contributed by atoms with E-state index in [0.717, 1.165) is 26.4 Å². The fraction of sp³-hybridized carbons (Fsp3) is 0.333. The highest BCUT2D eigenvalue weighted by Gasteiger charge is 2.25. The van der Waals surface area contributed by atoms with Gasteiger partial charge in [0, 0.05) is 6.07 Å². The van der Waals surface area contributed by atoms with E-state index in [0.29, 0.717) is 0 Å². The van der Waals surface area contributed by atoms with E-state index in [9.17, 15) is 18.0 Å². The van der Waals surface area contributed by atoms with Crippen molar-refractivity contribution in [3.8, 4) is 0 Å². The van der Waals surface area contributed by atoms with Crippen LogP contribution < -0.4 is 4.72 Å². The molecule has 0 bridgehead atoms. The van der Waals surface area contributed by atoms with Gasteiger partial charge in [-0.25, -0.2) is 13.2 Å². The Bertz CT molecular complexity index is 559. The molecule has 0 radical (unpaired) electrons. The lowest BCUT2D eigenvalue weighted by Crippen LogP contribution is -2.38. The number of carboxylic acids is 1. The van der Waals surface area contributed by atoms with Crippen LogP contribution in [0.25, 0.3) is 0 Å². The number of carboxylic acid groups (broad SMARTS) is 1. The Hall–Kier alpha value is -1.87. The maximum atomic E-state index is 11.7. The molecule has 8 nitrogen and oxygen atoms in total. The largest absolute Gasteiger partial charge is 0.480 e. The average Bonchev–Trinajstić information content (AvgIpc) is 2.77. The minimum absolute atomic E-state index is 0.0825. The molecule has 0 aliphatic rings. The minimum atomic E-state index is -4.13. The van der Waals surface area contributed by atoms with Gasteiger partial charge in [0.25, 0.3) is 10.0 Å². The quantitative estimate of drug-likeness (QED) is 0.715. The predicted octanol–water partition coefficient (Wildman–Crippen LogP) is -0.182. The molecule has 0 saturated carbocycles. The second kappa shape index (κ2) is 5.19. The zero-order valence-corrected chi connectivity index (χ0v) is 10.4. The molecule has 0 amide bonds. The zero-order chi connectivity index (χ0) is 13.9. The number of esters is 1. The van der Waals surface area contributed by atoms with E-state index >= 15 is 0 Å². The summed E-state index contributed by atoms with van der Waals surface area (Å²) in [5.74, 6) is -2.09. The topological polar surface area (TPSA) is 123 Å². The van der Waals surface area contributed by atoms with Crippen molar-refractivity contribution < 1.29 is 32.3 Å². The Morgan fingerprint density at radius 2 is 2.11 bits per heavy atom. The number of hydrogen-bond acceptors (Lipinski definition) is 6. The van der Waals surface area contributed by atoms with Crippen molar-refractivity contribution >= 4 is 22.0 Å². The summed E-state index contributed by atoms with van der Waals surface area (Å²) in [5, 5.41) is 8.03. The number of furan rings is 1. The Balaban J connectivity index is 2.96. The van der Waals surface area contributed by atoms with Gasteiger partial charge in [-0.3, -0.25) is 4.79 Å². The van der Waals surface area contributed by atoms with Crippen LogP contribution >= 0.6 is 0 Å². The molecule has 0 fully saturated rings. The first-order valence-electron chi connectivity index (χ1n) is 4.70. The fourth-order valence-electron chi connectivity index (χ4n) is 1.02. The van der Waals surface area contributed by atoms with Crippen molar-refractivity contribution in [3.05, 3.63) is 17.9 Å². The van der Waals surface area contributed by atoms with E-state index in [1.807, 2.05) is 4.72 Å². The van der Waals surface area contributed by atoms with Gasteiger partial charge in [-0.2, -0.15) is 4.72 Å². The van der Waals surface area contributed by atoms with Crippen LogP contribution in [0.2, 0.25) is 0 Å². The summed E-state index contributed by atoms with van der Waals surface area (Å²) in [6.07, 6.45) is 0.909. The van der Waals surface area contributed by atoms with Gasteiger partial charge < -0.3 is 14.3 Å². The lowest BCUT2D eigenvalue weighted by Gasteiger charge is -2.07. The monoisotopic (exact) mass is 277 g/mol. The summed E-state index contributed by atoms with van der Waals surface area (Å²) in [4.78, 5) is 21.6. The van der Waals surface area contributed by atoms with Gasteiger partial charge in [0.05, 0.1) is 12.7 Å². The Labute approximate surface area is 103 Å². The molecule has 100 valence electrons. The van der Waals surface area contributed by atoms with Crippen LogP contribution in [0.4, 0.5) is 0 Å². The van der Waals surface area contributed by atoms with Crippen molar-refractivity contribution in [2.24, 2.45) is 0 Å². The minimum Gasteiger partial charge on any atom is -0.480 e. The number of rotatable bonds is 5. The fourth-order valence-corrected chi connectivity index (χ4v) is 2.16. The molecule has 0 aliphatic carbocycles. The van der Waals surface area contributed by atoms with E-state index in [1.54, 1.807) is 0 Å². The number of methoxy groups -OCH3 is 1. The normalized spacial score (nSPS) is 13.0. The highest BCUT2D eigenvalue weighted by molar-refractivity contribution is 7.89. The first-order chi connectivity index (χ1) is 8.27. The molecular weight excluding hydrogens is 266 g/mol. The number of sulfonamides is 1. The highest BCUT2D eigenvalue weighted by Crippen LogP contribution is 2.14. The summed E-state index contributed by atoms with van der Waals surface area (Å²) in [5.41, 5.74) is -0.0825. The van der Waals surface area contributed by atoms with Gasteiger partial charge in [0.2, 0.25) is 5.09 Å². The van der Waals surface area contributed by atoms with Crippen LogP contribution in [0.15, 0.2) is 21.8 Å². The second-order valence-corrected chi connectivity index (χ2v) is 4.97. The van der Waals surface area contributed by atoms with E-state index in [1.165, 1.54) is 0 Å². The van der Waals surface area contributed by atoms with Crippen LogP contribution in [0.5, 0.6) is 0 Å². The lowest BCUT2D eigenvalue weighted by molar-refractivity contribution is -0.138. The molecule has 0 aromatic carbocycles. The van der Waals surface area contributed by atoms with Crippen molar-refractivity contribution in [2.45, 2.75) is 18.1 Å². The summed E-state index contributed by atoms with van der Waals surface area (Å²) in [7, 11) is -3.00. The van der Waals surface area contributed by atoms with Gasteiger partial charge in [0.1, 0.15) is 12.3 Å². The van der Waals surface area contributed by atoms with Crippen LogP contribution in [0.1, 0.15) is 17.3 Å². The summed E-state index contributed by atoms with van der Waals surface area (Å²) >= 11 is 0. The Morgan fingerprint density at radius 3 is 2.61 bits per heavy atom. The van der Waals surface area contributed by atoms with Crippen molar-refractivity contribution in [2.75, 3.05) is 7.11 Å². The molecule has 0 aliphatic heterocycles. The second-order valence-electron chi connectivity index (χ2n) is 3.33. The first-order valence-corrected chi connectivity index (χ1v) is 6.18. The molecule has 0 unspecified atom stereocenters. The molecule has 1 heterocycles. The molecule has 0 saturated heterocycles. The van der Waals surface area contributed by atoms with E-state index < -0.39 is 33.1 Å². The molecule has 0 spiro atoms. The third kappa shape index (κ3) is 3.08. The molecule has 2 N–H and O–H groups in total. The van der Waals surface area contributed by atoms with Crippen molar-refractivity contribution in [1.29, 1.82) is 0 Å². The summed E-state index contributed by atoms with van der Waals surface area (Å²) < 4.78 is 34.2. The number of ether oxygens (including phenoxy) is 1. The number of carbonyl (C=O) groups excluding carboxylic acids is 1. The van der Waals surface area contributed by atoms with Gasteiger partial charge in [-0.05, 0) is 6.92 Å². The molecule has 1 aromatic heterocycles. The van der Waals surface area contributed by atoms with Crippen LogP contribution in [0.3, 0.4) is 0 Å². The van der Waals surface area contributed by atoms with Gasteiger partial charge in [-0.15, -0.1) is 0 Å². The maximum absolute atomic E-state index is 11.7. The van der Waals surface area contributed by atoms with Crippen LogP contribution in [-0.4, -0.2) is 38.6 Å². The maximum Gasteiger partial charge on any atom is 0.341 e. The van der Waals surface area contributed by atoms with Crippen molar-refractivity contribution in [1.82, 2.24) is 4.72 Å². The third-order valence-electron chi connectivity index (χ3n) is 1.96. The summed E-state index contributed by atoms with van der Waals surface area (Å²) in [6.45, 7) is 1.16. The average molecular weight is 277 g/mol. The molecule has 1 atom stereocenters. The van der Waals surface area contributed by atoms with E-state index in [4.69, 9.17) is 5.11 Å². The van der Waals surface area contributed by atoms with Gasteiger partial charge in [0.15, 0.2) is 0 Å². The van der Waals surface area contributed by atoms with Gasteiger partial charge in [-0.1, -0.05) is 0 Å². The Morgan fingerprint density at radius 1 is 1.50 bits per heavy atom. The summed E-state index contributed by atoms with van der Waals surface area (Å²) in [6, 6.07) is -0.371. The SMILES string of the molecule is COC(=O)c1coc(S(=O)(=O)N[C@H](C)C(=O)O)c1. The van der Waals surface area contributed by atoms with E-state index in [2.05, 4.69) is 9.15 Å². The highest BCUT2D eigenvalue weighted by atomic mass is 32.2. The number of nitrogens with one attached hydrogen (secondary N) is 1. The predicted molar refractivity (Wildman–Crippen MR) is 57.5 cm³/mol. The molecule has 9 heteroatoms. The smallest absolute Gasteiger partial charge is 0.341 e. The Kier molecular flexibility index (Phi) is 4.09. The van der Waals surface area contributed by atoms with E-state index in [-0.39, 0.29) is 5.56 Å². The third-order valence-corrected chi connectivity index (χ3v) is 3.37. The van der Waals surface area contributed by atoms with Crippen LogP contribution in [0, 0.1) is 0 Å². The van der Waals surface area contributed by atoms with Crippen molar-refractivity contribution in [3.63, 3.8) is 0 Å². The molecule has 1 aromatic rings. The number of aliphatic carboxylic acids is 1. The number of hydrogen-bond donors (Lipinski definition) is 2. The lowest BCUT2D eigenvalue weighted by atomic mass is 10.3. The zero-order valence-electron chi connectivity index (χ0n) is 9.54. The van der Waals surface area contributed by atoms with Gasteiger partial charge >= 0.3 is 11.9 Å². The first kappa shape index (κ1) is 14.2. The molecular formula is C9H11NO7S.